The lowest BCUT2D eigenvalue weighted by atomic mass is 9.91. The van der Waals surface area contributed by atoms with Crippen LogP contribution in [0.3, 0.4) is 0 Å². The van der Waals surface area contributed by atoms with E-state index in [1.165, 1.54) is 0 Å². The van der Waals surface area contributed by atoms with E-state index in [1.54, 1.807) is 45.2 Å². The number of hydrogen-bond acceptors (Lipinski definition) is 3. The van der Waals surface area contributed by atoms with Crippen LogP contribution in [0.15, 0.2) is 24.3 Å². The van der Waals surface area contributed by atoms with Crippen molar-refractivity contribution >= 4 is 33.3 Å². The van der Waals surface area contributed by atoms with Gasteiger partial charge in [0.2, 0.25) is 5.01 Å². The summed E-state index contributed by atoms with van der Waals surface area (Å²) in [6.07, 6.45) is 0. The molecule has 0 amide bonds. The zero-order valence-corrected chi connectivity index (χ0v) is 12.9. The second-order valence-corrected chi connectivity index (χ2v) is 5.59. The van der Waals surface area contributed by atoms with Crippen LogP contribution in [-0.2, 0) is 4.79 Å². The lowest BCUT2D eigenvalue weighted by molar-refractivity contribution is -0.129. The molecule has 0 aliphatic carbocycles. The molecule has 1 aromatic carbocycles. The maximum Gasteiger partial charge on any atom is 0.211 e. The molecule has 18 heavy (non-hydrogen) atoms. The van der Waals surface area contributed by atoms with Crippen LogP contribution in [0.5, 0.6) is 11.5 Å². The number of carbonyl (C=O) groups excluding carboxylic acids is 1. The molecular weight excluding hydrogens is 319 g/mol. The molecule has 0 bridgehead atoms. The maximum absolute atomic E-state index is 12.0. The third-order valence-electron chi connectivity index (χ3n) is 2.51. The molecule has 3 nitrogen and oxygen atoms in total. The van der Waals surface area contributed by atoms with Crippen LogP contribution in [0.25, 0.3) is 0 Å². The van der Waals surface area contributed by atoms with E-state index in [-0.39, 0.29) is 11.7 Å². The first-order chi connectivity index (χ1) is 8.40. The van der Waals surface area contributed by atoms with Gasteiger partial charge in [-0.25, -0.2) is 0 Å². The van der Waals surface area contributed by atoms with Crippen molar-refractivity contribution < 1.29 is 14.3 Å². The fourth-order valence-electron chi connectivity index (χ4n) is 1.20. The third kappa shape index (κ3) is 3.89. The number of hydrogen-bond donors (Lipinski definition) is 0. The Balaban J connectivity index is 2.69. The predicted molar refractivity (Wildman–Crippen MR) is 75.8 cm³/mol. The molecule has 100 valence electrons. The summed E-state index contributed by atoms with van der Waals surface area (Å²) in [7, 11) is 1.59. The standard InChI is InChI=1S/C13H16BrClO3/c1-13(2,8-15)11(16)12(14)18-10-6-4-9(17-3)5-7-10/h4-7,12H,8H2,1-3H3. The topological polar surface area (TPSA) is 35.5 Å². The van der Waals surface area contributed by atoms with Crippen LogP contribution in [0.1, 0.15) is 13.8 Å². The summed E-state index contributed by atoms with van der Waals surface area (Å²) in [5, 5.41) is -0.709. The van der Waals surface area contributed by atoms with Crippen molar-refractivity contribution in [3.63, 3.8) is 0 Å². The van der Waals surface area contributed by atoms with Gasteiger partial charge < -0.3 is 9.47 Å². The lowest BCUT2D eigenvalue weighted by Gasteiger charge is -2.23. The summed E-state index contributed by atoms with van der Waals surface area (Å²) in [6.45, 7) is 3.57. The van der Waals surface area contributed by atoms with Crippen LogP contribution in [0.2, 0.25) is 0 Å². The molecule has 0 spiro atoms. The highest BCUT2D eigenvalue weighted by molar-refractivity contribution is 9.09. The zero-order chi connectivity index (χ0) is 13.8. The van der Waals surface area contributed by atoms with E-state index >= 15 is 0 Å². The molecule has 0 aliphatic rings. The van der Waals surface area contributed by atoms with Gasteiger partial charge in [-0.2, -0.15) is 0 Å². The number of ether oxygens (including phenoxy) is 2. The number of benzene rings is 1. The van der Waals surface area contributed by atoms with E-state index in [1.807, 2.05) is 0 Å². The smallest absolute Gasteiger partial charge is 0.211 e. The summed E-state index contributed by atoms with van der Waals surface area (Å²) in [5.74, 6) is 1.49. The maximum atomic E-state index is 12.0. The van der Waals surface area contributed by atoms with Gasteiger partial charge in [0.1, 0.15) is 11.5 Å². The molecule has 0 fully saturated rings. The summed E-state index contributed by atoms with van der Waals surface area (Å²) >= 11 is 8.99. The van der Waals surface area contributed by atoms with Gasteiger partial charge in [0.15, 0.2) is 5.78 Å². The van der Waals surface area contributed by atoms with Gasteiger partial charge in [0.05, 0.1) is 7.11 Å². The first kappa shape index (κ1) is 15.3. The summed E-state index contributed by atoms with van der Waals surface area (Å²) in [4.78, 5) is 12.0. The first-order valence-corrected chi connectivity index (χ1v) is 6.91. The minimum absolute atomic E-state index is 0.0895. The quantitative estimate of drug-likeness (QED) is 0.745. The fourth-order valence-corrected chi connectivity index (χ4v) is 2.17. The van der Waals surface area contributed by atoms with Crippen molar-refractivity contribution in [1.29, 1.82) is 0 Å². The number of Topliss-reactive ketones (excluding diaryl/α,β-unsaturated/α-hetero) is 1. The Morgan fingerprint density at radius 3 is 2.28 bits per heavy atom. The Morgan fingerprint density at radius 1 is 1.33 bits per heavy atom. The predicted octanol–water partition coefficient (Wildman–Crippen LogP) is 3.63. The number of ketones is 1. The molecule has 0 heterocycles. The highest BCUT2D eigenvalue weighted by Crippen LogP contribution is 2.26. The van der Waals surface area contributed by atoms with Crippen molar-refractivity contribution in [3.05, 3.63) is 24.3 Å². The van der Waals surface area contributed by atoms with E-state index in [9.17, 15) is 4.79 Å². The summed E-state index contributed by atoms with van der Waals surface area (Å²) in [5.41, 5.74) is -0.623. The Labute approximate surface area is 121 Å². The van der Waals surface area contributed by atoms with Gasteiger partial charge >= 0.3 is 0 Å². The minimum atomic E-state index is -0.709. The average molecular weight is 336 g/mol. The van der Waals surface area contributed by atoms with Crippen LogP contribution in [0.4, 0.5) is 0 Å². The molecule has 1 aromatic rings. The van der Waals surface area contributed by atoms with E-state index in [0.717, 1.165) is 5.75 Å². The molecule has 0 N–H and O–H groups in total. The minimum Gasteiger partial charge on any atom is -0.497 e. The van der Waals surface area contributed by atoms with Crippen molar-refractivity contribution in [2.45, 2.75) is 18.9 Å². The van der Waals surface area contributed by atoms with Gasteiger partial charge in [0, 0.05) is 11.3 Å². The van der Waals surface area contributed by atoms with Crippen molar-refractivity contribution in [3.8, 4) is 11.5 Å². The van der Waals surface area contributed by atoms with Crippen LogP contribution < -0.4 is 9.47 Å². The Morgan fingerprint density at radius 2 is 1.83 bits per heavy atom. The lowest BCUT2D eigenvalue weighted by Crippen LogP contribution is -2.35. The monoisotopic (exact) mass is 334 g/mol. The van der Waals surface area contributed by atoms with Crippen LogP contribution >= 0.6 is 27.5 Å². The van der Waals surface area contributed by atoms with Gasteiger partial charge in [-0.1, -0.05) is 13.8 Å². The van der Waals surface area contributed by atoms with Gasteiger partial charge in [-0.05, 0) is 40.2 Å². The van der Waals surface area contributed by atoms with E-state index in [2.05, 4.69) is 15.9 Å². The largest absolute Gasteiger partial charge is 0.497 e. The zero-order valence-electron chi connectivity index (χ0n) is 10.6. The number of carbonyl (C=O) groups is 1. The number of methoxy groups -OCH3 is 1. The molecule has 1 atom stereocenters. The van der Waals surface area contributed by atoms with Crippen molar-refractivity contribution in [2.75, 3.05) is 13.0 Å². The molecule has 5 heteroatoms. The third-order valence-corrected chi connectivity index (χ3v) is 3.78. The summed E-state index contributed by atoms with van der Waals surface area (Å²) < 4.78 is 10.6. The fraction of sp³-hybridized carbons (Fsp3) is 0.462. The second-order valence-electron chi connectivity index (χ2n) is 4.49. The Kier molecular flexibility index (Phi) is 5.47. The highest BCUT2D eigenvalue weighted by Gasteiger charge is 2.33. The molecule has 0 aromatic heterocycles. The van der Waals surface area contributed by atoms with E-state index in [4.69, 9.17) is 21.1 Å². The molecular formula is C13H16BrClO3. The Bertz CT molecular complexity index is 403. The SMILES string of the molecule is COc1ccc(OC(Br)C(=O)C(C)(C)CCl)cc1. The van der Waals surface area contributed by atoms with Gasteiger partial charge in [-0.15, -0.1) is 11.6 Å². The van der Waals surface area contributed by atoms with Crippen LogP contribution in [0, 0.1) is 5.41 Å². The number of halogens is 2. The molecule has 0 radical (unpaired) electrons. The van der Waals surface area contributed by atoms with Crippen molar-refractivity contribution in [1.82, 2.24) is 0 Å². The van der Waals surface area contributed by atoms with Gasteiger partial charge in [0.25, 0.3) is 0 Å². The summed E-state index contributed by atoms with van der Waals surface area (Å²) in [6, 6.07) is 7.03. The van der Waals surface area contributed by atoms with E-state index < -0.39 is 10.4 Å². The average Bonchev–Trinajstić information content (AvgIpc) is 2.38. The van der Waals surface area contributed by atoms with E-state index in [0.29, 0.717) is 5.75 Å². The molecule has 1 unspecified atom stereocenters. The van der Waals surface area contributed by atoms with Gasteiger partial charge in [-0.3, -0.25) is 4.79 Å². The Hall–Kier alpha value is -0.740. The normalized spacial score (nSPS) is 12.9. The molecule has 0 aliphatic heterocycles. The highest BCUT2D eigenvalue weighted by atomic mass is 79.9. The van der Waals surface area contributed by atoms with Crippen LogP contribution in [-0.4, -0.2) is 23.8 Å². The number of alkyl halides is 2. The van der Waals surface area contributed by atoms with Crippen molar-refractivity contribution in [2.24, 2.45) is 5.41 Å². The molecule has 1 rings (SSSR count). The number of rotatable bonds is 6. The first-order valence-electron chi connectivity index (χ1n) is 5.46. The second kappa shape index (κ2) is 6.43. The molecule has 0 saturated carbocycles. The molecule has 0 saturated heterocycles.